The summed E-state index contributed by atoms with van der Waals surface area (Å²) < 4.78 is 83.8. The molecule has 0 unspecified atom stereocenters. The van der Waals surface area contributed by atoms with Gasteiger partial charge in [0.2, 0.25) is 0 Å². The molecule has 0 saturated heterocycles. The largest absolute Gasteiger partial charge is 0.507 e. The van der Waals surface area contributed by atoms with E-state index in [0.29, 0.717) is 6.26 Å². The third-order valence-corrected chi connectivity index (χ3v) is 4.05. The molecule has 10 heteroatoms. The van der Waals surface area contributed by atoms with E-state index in [9.17, 15) is 27.8 Å². The third kappa shape index (κ3) is 3.22. The van der Waals surface area contributed by atoms with E-state index in [2.05, 4.69) is 0 Å². The van der Waals surface area contributed by atoms with Crippen LogP contribution in [0.25, 0.3) is 0 Å². The van der Waals surface area contributed by atoms with Crippen LogP contribution in [-0.4, -0.2) is 19.8 Å². The number of rotatable bonds is 2. The lowest BCUT2D eigenvalue weighted by Gasteiger charge is -2.40. The molecule has 0 aliphatic rings. The van der Waals surface area contributed by atoms with Crippen LogP contribution in [0.5, 0.6) is 5.75 Å². The van der Waals surface area contributed by atoms with E-state index < -0.39 is 35.6 Å². The van der Waals surface area contributed by atoms with E-state index >= 15 is 0 Å². The Hall–Kier alpha value is -1.03. The molecule has 0 amide bonds. The summed E-state index contributed by atoms with van der Waals surface area (Å²) in [5, 5.41) is 9.03. The van der Waals surface area contributed by atoms with Crippen LogP contribution in [-0.2, 0) is 9.84 Å². The van der Waals surface area contributed by atoms with Crippen molar-refractivity contribution in [1.29, 1.82) is 0 Å². The third-order valence-electron chi connectivity index (χ3n) is 1.78. The summed E-state index contributed by atoms with van der Waals surface area (Å²) >= 11 is 0. The zero-order chi connectivity index (χ0) is 13.8. The van der Waals surface area contributed by atoms with Crippen LogP contribution in [0.15, 0.2) is 28.0 Å². The van der Waals surface area contributed by atoms with Gasteiger partial charge >= 0.3 is 10.2 Å². The lowest BCUT2D eigenvalue weighted by molar-refractivity contribution is 0.363. The topological polar surface area (TPSA) is 54.4 Å². The van der Waals surface area contributed by atoms with E-state index in [1.807, 2.05) is 0 Å². The first-order chi connectivity index (χ1) is 7.11. The molecule has 0 saturated carbocycles. The summed E-state index contributed by atoms with van der Waals surface area (Å²) in [5.41, 5.74) is 0. The number of aromatic hydroxyl groups is 1. The van der Waals surface area contributed by atoms with Crippen molar-refractivity contribution in [2.75, 3.05) is 6.26 Å². The normalized spacial score (nSPS) is 17.3. The van der Waals surface area contributed by atoms with Crippen molar-refractivity contribution < 1.29 is 33.0 Å². The summed E-state index contributed by atoms with van der Waals surface area (Å²) in [7, 11) is -14.2. The standard InChI is InChI=1S/C7H7F5O3S2/c1-16(14,15)7-4-5(2-3-6(7)13)17(8,9,10,11)12/h2-4,13H,1H3. The van der Waals surface area contributed by atoms with Gasteiger partial charge in [0.15, 0.2) is 9.84 Å². The lowest BCUT2D eigenvalue weighted by atomic mass is 10.3. The van der Waals surface area contributed by atoms with E-state index in [1.165, 1.54) is 0 Å². The lowest BCUT2D eigenvalue weighted by Crippen LogP contribution is -2.08. The van der Waals surface area contributed by atoms with Crippen LogP contribution in [0.4, 0.5) is 19.4 Å². The van der Waals surface area contributed by atoms with Crippen molar-refractivity contribution in [1.82, 2.24) is 0 Å². The van der Waals surface area contributed by atoms with Crippen LogP contribution >= 0.6 is 10.2 Å². The van der Waals surface area contributed by atoms with Crippen LogP contribution in [0.2, 0.25) is 0 Å². The minimum Gasteiger partial charge on any atom is -0.507 e. The molecular formula is C7H7F5O3S2. The fraction of sp³-hybridized carbons (Fsp3) is 0.143. The maximum atomic E-state index is 12.4. The second kappa shape index (κ2) is 2.86. The number of hydrogen-bond acceptors (Lipinski definition) is 3. The predicted octanol–water partition coefficient (Wildman–Crippen LogP) is 3.45. The Labute approximate surface area is 93.5 Å². The first-order valence-electron chi connectivity index (χ1n) is 3.88. The van der Waals surface area contributed by atoms with E-state index in [-0.39, 0.29) is 18.2 Å². The van der Waals surface area contributed by atoms with Gasteiger partial charge in [0.1, 0.15) is 15.5 Å². The van der Waals surface area contributed by atoms with Crippen LogP contribution in [0.1, 0.15) is 0 Å². The molecule has 1 aromatic rings. The SMILES string of the molecule is CS(=O)(=O)c1cc(S(F)(F)(F)(F)F)ccc1O. The Morgan fingerprint density at radius 3 is 1.94 bits per heavy atom. The molecule has 1 aromatic carbocycles. The molecule has 0 fully saturated rings. The average Bonchev–Trinajstić information content (AvgIpc) is 1.97. The molecule has 1 N–H and O–H groups in total. The highest BCUT2D eigenvalue weighted by molar-refractivity contribution is 8.45. The van der Waals surface area contributed by atoms with Gasteiger partial charge in [0, 0.05) is 6.26 Å². The van der Waals surface area contributed by atoms with Gasteiger partial charge < -0.3 is 5.11 Å². The molecule has 0 aliphatic heterocycles. The first-order valence-corrected chi connectivity index (χ1v) is 7.73. The molecule has 0 radical (unpaired) electrons. The Kier molecular flexibility index (Phi) is 2.36. The zero-order valence-corrected chi connectivity index (χ0v) is 9.84. The highest BCUT2D eigenvalue weighted by atomic mass is 32.5. The van der Waals surface area contributed by atoms with E-state index in [1.54, 1.807) is 0 Å². The molecule has 100 valence electrons. The first kappa shape index (κ1) is 14.0. The van der Waals surface area contributed by atoms with Crippen molar-refractivity contribution in [3.05, 3.63) is 18.2 Å². The number of halogens is 5. The van der Waals surface area contributed by atoms with Gasteiger partial charge in [-0.1, -0.05) is 19.4 Å². The van der Waals surface area contributed by atoms with E-state index in [0.717, 1.165) is 0 Å². The van der Waals surface area contributed by atoms with Gasteiger partial charge in [-0.2, -0.15) is 0 Å². The number of benzene rings is 1. The molecule has 0 atom stereocenters. The van der Waals surface area contributed by atoms with Crippen molar-refractivity contribution in [3.63, 3.8) is 0 Å². The smallest absolute Gasteiger partial charge is 0.310 e. The second-order valence-electron chi connectivity index (χ2n) is 3.37. The van der Waals surface area contributed by atoms with Crippen molar-refractivity contribution in [2.24, 2.45) is 0 Å². The molecule has 1 rings (SSSR count). The van der Waals surface area contributed by atoms with Crippen molar-refractivity contribution in [2.45, 2.75) is 9.79 Å². The predicted molar refractivity (Wildman–Crippen MR) is 52.6 cm³/mol. The highest BCUT2D eigenvalue weighted by Crippen LogP contribution is 3.02. The maximum Gasteiger partial charge on any atom is 0.310 e. The summed E-state index contributed by atoms with van der Waals surface area (Å²) in [6.07, 6.45) is 0.497. The van der Waals surface area contributed by atoms with E-state index in [4.69, 9.17) is 5.11 Å². The summed E-state index contributed by atoms with van der Waals surface area (Å²) in [5.74, 6) is -1.02. The van der Waals surface area contributed by atoms with Crippen LogP contribution in [0, 0.1) is 0 Å². The molecule has 0 heterocycles. The van der Waals surface area contributed by atoms with Gasteiger partial charge in [-0.25, -0.2) is 8.42 Å². The second-order valence-corrected chi connectivity index (χ2v) is 7.76. The zero-order valence-electron chi connectivity index (χ0n) is 8.20. The van der Waals surface area contributed by atoms with Gasteiger partial charge in [-0.15, -0.1) is 0 Å². The molecular weight excluding hydrogens is 291 g/mol. The number of phenolic OH excluding ortho intramolecular Hbond substituents is 1. The van der Waals surface area contributed by atoms with Crippen LogP contribution in [0.3, 0.4) is 0 Å². The Morgan fingerprint density at radius 2 is 1.59 bits per heavy atom. The molecule has 0 aliphatic carbocycles. The molecule has 0 spiro atoms. The summed E-state index contributed by atoms with van der Waals surface area (Å²) in [6, 6.07) is -0.0680. The summed E-state index contributed by atoms with van der Waals surface area (Å²) in [4.78, 5) is -3.55. The Bertz CT molecular complexity index is 575. The maximum absolute atomic E-state index is 12.4. The fourth-order valence-electron chi connectivity index (χ4n) is 1.03. The van der Waals surface area contributed by atoms with Crippen molar-refractivity contribution in [3.8, 4) is 5.75 Å². The van der Waals surface area contributed by atoms with Gasteiger partial charge in [-0.3, -0.25) is 0 Å². The van der Waals surface area contributed by atoms with Gasteiger partial charge in [-0.05, 0) is 18.2 Å². The minimum atomic E-state index is -9.95. The Balaban J connectivity index is 3.67. The number of phenols is 1. The molecule has 0 aromatic heterocycles. The minimum absolute atomic E-state index is 0.0639. The van der Waals surface area contributed by atoms with Crippen molar-refractivity contribution >= 4 is 20.1 Å². The van der Waals surface area contributed by atoms with Gasteiger partial charge in [0.25, 0.3) is 0 Å². The summed E-state index contributed by atoms with van der Waals surface area (Å²) in [6.45, 7) is 0. The quantitative estimate of drug-likeness (QED) is 0.851. The molecule has 0 bridgehead atoms. The molecule has 17 heavy (non-hydrogen) atoms. The van der Waals surface area contributed by atoms with Crippen LogP contribution < -0.4 is 0 Å². The van der Waals surface area contributed by atoms with Gasteiger partial charge in [0.05, 0.1) is 0 Å². The number of sulfone groups is 1. The highest BCUT2D eigenvalue weighted by Gasteiger charge is 2.65. The fourth-order valence-corrected chi connectivity index (χ4v) is 2.56. The average molecular weight is 298 g/mol. The number of hydrogen-bond donors (Lipinski definition) is 1. The Morgan fingerprint density at radius 1 is 1.12 bits per heavy atom. The molecule has 3 nitrogen and oxygen atoms in total. The monoisotopic (exact) mass is 298 g/mol.